The number of hydrogen-bond acceptors (Lipinski definition) is 4. The van der Waals surface area contributed by atoms with Gasteiger partial charge in [0.05, 0.1) is 11.4 Å². The molecule has 1 N–H and O–H groups in total. The maximum atomic E-state index is 13.1. The maximum absolute atomic E-state index is 13.1. The van der Waals surface area contributed by atoms with E-state index in [1.165, 1.54) is 6.07 Å². The van der Waals surface area contributed by atoms with E-state index >= 15 is 0 Å². The quantitative estimate of drug-likeness (QED) is 0.730. The number of alkyl halides is 3. The van der Waals surface area contributed by atoms with Crippen molar-refractivity contribution < 1.29 is 18.0 Å². The fourth-order valence-corrected chi connectivity index (χ4v) is 2.40. The Morgan fingerprint density at radius 1 is 1.07 bits per heavy atom. The van der Waals surface area contributed by atoms with Gasteiger partial charge in [0, 0.05) is 11.0 Å². The van der Waals surface area contributed by atoms with Crippen molar-refractivity contribution in [2.24, 2.45) is 5.41 Å². The summed E-state index contributed by atoms with van der Waals surface area (Å²) in [6, 6.07) is 8.22. The Morgan fingerprint density at radius 3 is 2.41 bits per heavy atom. The molecule has 0 aliphatic carbocycles. The molecule has 1 aromatic carbocycles. The molecule has 0 aliphatic rings. The van der Waals surface area contributed by atoms with E-state index in [-0.39, 0.29) is 17.2 Å². The SMILES string of the molecule is Cc1ccc(NC(=O)C(C)(C)C)c(-c2ccc3nnc(C(F)(F)F)n3n2)c1. The largest absolute Gasteiger partial charge is 0.453 e. The van der Waals surface area contributed by atoms with E-state index in [0.717, 1.165) is 5.56 Å². The summed E-state index contributed by atoms with van der Waals surface area (Å²) < 4.78 is 40.0. The van der Waals surface area contributed by atoms with E-state index in [1.54, 1.807) is 45.0 Å². The summed E-state index contributed by atoms with van der Waals surface area (Å²) in [7, 11) is 0. The molecule has 1 amide bonds. The Bertz CT molecular complexity index is 1020. The van der Waals surface area contributed by atoms with Crippen LogP contribution in [0.4, 0.5) is 18.9 Å². The molecule has 2 heterocycles. The summed E-state index contributed by atoms with van der Waals surface area (Å²) >= 11 is 0. The lowest BCUT2D eigenvalue weighted by atomic mass is 9.95. The second-order valence-corrected chi connectivity index (χ2v) is 7.26. The van der Waals surface area contributed by atoms with E-state index in [0.29, 0.717) is 15.8 Å². The Kier molecular flexibility index (Phi) is 4.41. The van der Waals surface area contributed by atoms with Gasteiger partial charge in [0.15, 0.2) is 5.65 Å². The van der Waals surface area contributed by atoms with Gasteiger partial charge in [-0.05, 0) is 31.2 Å². The molecule has 3 aromatic rings. The van der Waals surface area contributed by atoms with Gasteiger partial charge in [-0.3, -0.25) is 4.79 Å². The van der Waals surface area contributed by atoms with Gasteiger partial charge in [-0.2, -0.15) is 22.8 Å². The van der Waals surface area contributed by atoms with Crippen molar-refractivity contribution in [1.29, 1.82) is 0 Å². The number of hydrogen-bond donors (Lipinski definition) is 1. The summed E-state index contributed by atoms with van der Waals surface area (Å²) in [5.41, 5.74) is 1.47. The molecule has 0 spiro atoms. The van der Waals surface area contributed by atoms with Crippen molar-refractivity contribution in [3.63, 3.8) is 0 Å². The number of anilines is 1. The van der Waals surface area contributed by atoms with Gasteiger partial charge in [-0.15, -0.1) is 10.2 Å². The average Bonchev–Trinajstić information content (AvgIpc) is 2.98. The molecule has 3 rings (SSSR count). The van der Waals surface area contributed by atoms with Crippen LogP contribution in [0.15, 0.2) is 30.3 Å². The fraction of sp³-hybridized carbons (Fsp3) is 0.333. The van der Waals surface area contributed by atoms with Crippen LogP contribution in [-0.4, -0.2) is 25.7 Å². The van der Waals surface area contributed by atoms with Crippen LogP contribution in [-0.2, 0) is 11.0 Å². The number of aromatic nitrogens is 4. The lowest BCUT2D eigenvalue weighted by Crippen LogP contribution is -2.27. The highest BCUT2D eigenvalue weighted by Crippen LogP contribution is 2.31. The third-order valence-corrected chi connectivity index (χ3v) is 3.90. The molecule has 0 bridgehead atoms. The van der Waals surface area contributed by atoms with Crippen LogP contribution in [0.3, 0.4) is 0 Å². The van der Waals surface area contributed by atoms with Gasteiger partial charge in [0.25, 0.3) is 5.82 Å². The van der Waals surface area contributed by atoms with Crippen LogP contribution < -0.4 is 5.32 Å². The molecule has 9 heteroatoms. The van der Waals surface area contributed by atoms with E-state index in [2.05, 4.69) is 20.6 Å². The first kappa shape index (κ1) is 18.8. The molecule has 0 saturated heterocycles. The molecule has 0 saturated carbocycles. The molecule has 0 radical (unpaired) electrons. The third kappa shape index (κ3) is 3.76. The molecule has 6 nitrogen and oxygen atoms in total. The summed E-state index contributed by atoms with van der Waals surface area (Å²) in [6.45, 7) is 7.16. The van der Waals surface area contributed by atoms with Crippen molar-refractivity contribution in [3.05, 3.63) is 41.7 Å². The topological polar surface area (TPSA) is 72.2 Å². The molecular weight excluding hydrogens is 359 g/mol. The van der Waals surface area contributed by atoms with E-state index in [4.69, 9.17) is 0 Å². The number of amides is 1. The van der Waals surface area contributed by atoms with Gasteiger partial charge < -0.3 is 5.32 Å². The molecule has 0 unspecified atom stereocenters. The van der Waals surface area contributed by atoms with Gasteiger partial charge in [0.2, 0.25) is 5.91 Å². The number of fused-ring (bicyclic) bond motifs is 1. The van der Waals surface area contributed by atoms with Crippen LogP contribution >= 0.6 is 0 Å². The Balaban J connectivity index is 2.13. The Labute approximate surface area is 153 Å². The number of halogens is 3. The average molecular weight is 377 g/mol. The van der Waals surface area contributed by atoms with Gasteiger partial charge in [-0.25, -0.2) is 0 Å². The smallest absolute Gasteiger partial charge is 0.325 e. The van der Waals surface area contributed by atoms with Crippen molar-refractivity contribution in [1.82, 2.24) is 19.8 Å². The number of nitrogens with one attached hydrogen (secondary N) is 1. The number of aryl methyl sites for hydroxylation is 1. The minimum atomic E-state index is -4.68. The second kappa shape index (κ2) is 6.33. The van der Waals surface area contributed by atoms with Gasteiger partial charge in [0.1, 0.15) is 0 Å². The summed E-state index contributed by atoms with van der Waals surface area (Å²) in [5.74, 6) is -1.42. The molecule has 0 aliphatic heterocycles. The highest BCUT2D eigenvalue weighted by atomic mass is 19.4. The number of nitrogens with zero attached hydrogens (tertiary/aromatic N) is 4. The van der Waals surface area contributed by atoms with Crippen molar-refractivity contribution in [2.75, 3.05) is 5.32 Å². The van der Waals surface area contributed by atoms with Gasteiger partial charge >= 0.3 is 6.18 Å². The predicted octanol–water partition coefficient (Wildman–Crippen LogP) is 4.10. The second-order valence-electron chi connectivity index (χ2n) is 7.26. The minimum Gasteiger partial charge on any atom is -0.325 e. The Hall–Kier alpha value is -2.97. The third-order valence-electron chi connectivity index (χ3n) is 3.90. The molecular formula is C18H18F3N5O. The summed E-state index contributed by atoms with van der Waals surface area (Å²) in [5, 5.41) is 13.6. The van der Waals surface area contributed by atoms with Crippen LogP contribution in [0.1, 0.15) is 32.2 Å². The first-order valence-corrected chi connectivity index (χ1v) is 8.19. The van der Waals surface area contributed by atoms with Crippen LogP contribution in [0, 0.1) is 12.3 Å². The molecule has 0 atom stereocenters. The van der Waals surface area contributed by atoms with Crippen molar-refractivity contribution in [3.8, 4) is 11.3 Å². The molecule has 27 heavy (non-hydrogen) atoms. The zero-order valence-corrected chi connectivity index (χ0v) is 15.2. The van der Waals surface area contributed by atoms with Crippen LogP contribution in [0.2, 0.25) is 0 Å². The number of carbonyl (C=O) groups excluding carboxylic acids is 1. The number of rotatable bonds is 2. The molecule has 142 valence electrons. The maximum Gasteiger partial charge on any atom is 0.453 e. The highest BCUT2D eigenvalue weighted by molar-refractivity contribution is 5.98. The standard InChI is InChI=1S/C18H18F3N5O/c1-10-5-6-12(22-16(27)17(2,3)4)11(9-10)13-7-8-14-23-24-15(18(19,20)21)26(14)25-13/h5-9H,1-4H3,(H,22,27). The normalized spacial score (nSPS) is 12.4. The number of benzene rings is 1. The van der Waals surface area contributed by atoms with Crippen LogP contribution in [0.25, 0.3) is 16.9 Å². The first-order chi connectivity index (χ1) is 12.5. The zero-order chi connectivity index (χ0) is 20.0. The Morgan fingerprint density at radius 2 is 1.78 bits per heavy atom. The zero-order valence-electron chi connectivity index (χ0n) is 15.2. The lowest BCUT2D eigenvalue weighted by molar-refractivity contribution is -0.146. The fourth-order valence-electron chi connectivity index (χ4n) is 2.40. The van der Waals surface area contributed by atoms with E-state index in [1.807, 2.05) is 6.92 Å². The summed E-state index contributed by atoms with van der Waals surface area (Å²) in [4.78, 5) is 12.4. The molecule has 0 fully saturated rings. The van der Waals surface area contributed by atoms with Gasteiger partial charge in [-0.1, -0.05) is 32.4 Å². The van der Waals surface area contributed by atoms with Crippen LogP contribution in [0.5, 0.6) is 0 Å². The van der Waals surface area contributed by atoms with Crippen molar-refractivity contribution in [2.45, 2.75) is 33.9 Å². The monoisotopic (exact) mass is 377 g/mol. The van der Waals surface area contributed by atoms with E-state index in [9.17, 15) is 18.0 Å². The lowest BCUT2D eigenvalue weighted by Gasteiger charge is -2.19. The number of carbonyl (C=O) groups is 1. The first-order valence-electron chi connectivity index (χ1n) is 8.19. The summed E-state index contributed by atoms with van der Waals surface area (Å²) in [6.07, 6.45) is -4.68. The predicted molar refractivity (Wildman–Crippen MR) is 94.0 cm³/mol. The molecule has 2 aromatic heterocycles. The van der Waals surface area contributed by atoms with Crippen molar-refractivity contribution >= 4 is 17.2 Å². The highest BCUT2D eigenvalue weighted by Gasteiger charge is 2.37. The van der Waals surface area contributed by atoms with E-state index < -0.39 is 17.4 Å². The minimum absolute atomic E-state index is 0.0148.